The molecule has 1 unspecified atom stereocenters. The van der Waals surface area contributed by atoms with Crippen molar-refractivity contribution in [3.8, 4) is 0 Å². The number of hydrazine groups is 1. The number of carboxylic acids is 1. The molecule has 1 heterocycles. The van der Waals surface area contributed by atoms with E-state index in [-0.39, 0.29) is 5.66 Å². The number of hydrogen-bond acceptors (Lipinski definition) is 4. The van der Waals surface area contributed by atoms with Gasteiger partial charge in [0, 0.05) is 19.5 Å². The van der Waals surface area contributed by atoms with Crippen molar-refractivity contribution in [3.05, 3.63) is 0 Å². The molecule has 0 fully saturated rings. The minimum absolute atomic E-state index is 0.286. The summed E-state index contributed by atoms with van der Waals surface area (Å²) in [5, 5.41) is 12.8. The first-order valence-electron chi connectivity index (χ1n) is 10.9. The molecule has 0 saturated heterocycles. The van der Waals surface area contributed by atoms with Gasteiger partial charge in [0.2, 0.25) is 5.96 Å². The Labute approximate surface area is 172 Å². The number of nitrogens with one attached hydrogen (secondary N) is 2. The molecule has 0 spiro atoms. The Morgan fingerprint density at radius 1 is 1.18 bits per heavy atom. The molecule has 0 bridgehead atoms. The molecular weight excluding hydrogens is 354 g/mol. The molecule has 7 nitrogen and oxygen atoms in total. The highest BCUT2D eigenvalue weighted by Gasteiger charge is 2.26. The predicted octanol–water partition coefficient (Wildman–Crippen LogP) is 4.55. The summed E-state index contributed by atoms with van der Waals surface area (Å²) >= 11 is 0. The smallest absolute Gasteiger partial charge is 0.300 e. The summed E-state index contributed by atoms with van der Waals surface area (Å²) in [7, 11) is 0. The SMILES string of the molecule is CC(=O)O.CCCCCCCCC(CCC)NN1C=NC(C)(C)NC1=NCC. The average molecular weight is 398 g/mol. The Bertz CT molecular complexity index is 473. The van der Waals surface area contributed by atoms with Crippen LogP contribution in [0.25, 0.3) is 0 Å². The third kappa shape index (κ3) is 13.5. The second-order valence-electron chi connectivity index (χ2n) is 7.79. The van der Waals surface area contributed by atoms with Crippen molar-refractivity contribution in [1.82, 2.24) is 15.8 Å². The Morgan fingerprint density at radius 2 is 1.79 bits per heavy atom. The van der Waals surface area contributed by atoms with Crippen molar-refractivity contribution in [3.63, 3.8) is 0 Å². The van der Waals surface area contributed by atoms with Crippen LogP contribution >= 0.6 is 0 Å². The van der Waals surface area contributed by atoms with Gasteiger partial charge in [-0.15, -0.1) is 0 Å². The Morgan fingerprint density at radius 3 is 2.36 bits per heavy atom. The molecule has 3 N–H and O–H groups in total. The summed E-state index contributed by atoms with van der Waals surface area (Å²) in [5.41, 5.74) is 3.34. The summed E-state index contributed by atoms with van der Waals surface area (Å²) in [4.78, 5) is 18.1. The van der Waals surface area contributed by atoms with Crippen LogP contribution in [0.5, 0.6) is 0 Å². The number of unbranched alkanes of at least 4 members (excludes halogenated alkanes) is 5. The monoisotopic (exact) mass is 397 g/mol. The van der Waals surface area contributed by atoms with Crippen molar-refractivity contribution in [2.75, 3.05) is 6.54 Å². The lowest BCUT2D eigenvalue weighted by Crippen LogP contribution is -2.60. The fourth-order valence-corrected chi connectivity index (χ4v) is 2.97. The summed E-state index contributed by atoms with van der Waals surface area (Å²) in [6, 6.07) is 0.484. The van der Waals surface area contributed by atoms with E-state index < -0.39 is 5.97 Å². The zero-order chi connectivity index (χ0) is 21.4. The third-order valence-corrected chi connectivity index (χ3v) is 4.31. The first-order chi connectivity index (χ1) is 13.3. The number of nitrogens with zero attached hydrogens (tertiary/aromatic N) is 3. The molecule has 0 amide bonds. The molecule has 0 aromatic rings. The lowest BCUT2D eigenvalue weighted by Gasteiger charge is -2.36. The second-order valence-corrected chi connectivity index (χ2v) is 7.79. The van der Waals surface area contributed by atoms with Crippen LogP contribution < -0.4 is 10.7 Å². The molecule has 0 aliphatic carbocycles. The van der Waals surface area contributed by atoms with E-state index in [2.05, 4.69) is 55.3 Å². The first kappa shape index (κ1) is 26.4. The van der Waals surface area contributed by atoms with Crippen molar-refractivity contribution < 1.29 is 9.90 Å². The summed E-state index contributed by atoms with van der Waals surface area (Å²) < 4.78 is 0. The van der Waals surface area contributed by atoms with Crippen LogP contribution in [0.3, 0.4) is 0 Å². The lowest BCUT2D eigenvalue weighted by molar-refractivity contribution is -0.134. The van der Waals surface area contributed by atoms with E-state index in [1.165, 1.54) is 57.8 Å². The van der Waals surface area contributed by atoms with Crippen LogP contribution in [0.2, 0.25) is 0 Å². The second kappa shape index (κ2) is 15.3. The van der Waals surface area contributed by atoms with Gasteiger partial charge in [-0.25, -0.2) is 15.4 Å². The molecule has 28 heavy (non-hydrogen) atoms. The molecule has 1 rings (SSSR count). The quantitative estimate of drug-likeness (QED) is 0.421. The summed E-state index contributed by atoms with van der Waals surface area (Å²) in [5.74, 6) is 0.0431. The minimum Gasteiger partial charge on any atom is -0.481 e. The van der Waals surface area contributed by atoms with Crippen LogP contribution in [0.4, 0.5) is 0 Å². The van der Waals surface area contributed by atoms with Gasteiger partial charge in [-0.3, -0.25) is 9.79 Å². The van der Waals surface area contributed by atoms with Gasteiger partial charge in [0.25, 0.3) is 5.97 Å². The molecule has 1 atom stereocenters. The maximum Gasteiger partial charge on any atom is 0.300 e. The molecule has 0 aromatic carbocycles. The van der Waals surface area contributed by atoms with Crippen molar-refractivity contribution in [2.45, 2.75) is 111 Å². The number of rotatable bonds is 12. The maximum absolute atomic E-state index is 9.00. The van der Waals surface area contributed by atoms with Crippen LogP contribution in [0, 0.1) is 0 Å². The average Bonchev–Trinajstić information content (AvgIpc) is 2.59. The van der Waals surface area contributed by atoms with Crippen LogP contribution in [0.1, 0.15) is 99.3 Å². The van der Waals surface area contributed by atoms with Crippen molar-refractivity contribution in [2.24, 2.45) is 9.98 Å². The molecule has 7 heteroatoms. The highest BCUT2D eigenvalue weighted by atomic mass is 16.4. The van der Waals surface area contributed by atoms with Crippen LogP contribution in [-0.4, -0.2) is 46.6 Å². The topological polar surface area (TPSA) is 89.3 Å². The number of guanidine groups is 1. The van der Waals surface area contributed by atoms with Crippen molar-refractivity contribution in [1.29, 1.82) is 0 Å². The van der Waals surface area contributed by atoms with E-state index in [0.29, 0.717) is 6.04 Å². The number of aliphatic imine (C=N–C) groups is 2. The minimum atomic E-state index is -0.833. The zero-order valence-electron chi connectivity index (χ0n) is 18.9. The largest absolute Gasteiger partial charge is 0.481 e. The number of hydrogen-bond donors (Lipinski definition) is 3. The molecule has 0 aromatic heterocycles. The van der Waals surface area contributed by atoms with E-state index in [4.69, 9.17) is 9.90 Å². The van der Waals surface area contributed by atoms with Gasteiger partial charge in [0.05, 0.1) is 0 Å². The van der Waals surface area contributed by atoms with Gasteiger partial charge >= 0.3 is 0 Å². The van der Waals surface area contributed by atoms with E-state index >= 15 is 0 Å². The fraction of sp³-hybridized carbons (Fsp3) is 0.857. The van der Waals surface area contributed by atoms with E-state index in [1.54, 1.807) is 0 Å². The standard InChI is InChI=1S/C19H39N5.C2H4O2/c1-6-9-10-11-12-13-15-17(14-7-2)23-24-16-21-19(4,5)22-18(24)20-8-3;1-2(3)4/h16-17,23H,6-15H2,1-5H3,(H,20,22);1H3,(H,3,4). The molecule has 164 valence electrons. The van der Waals surface area contributed by atoms with Gasteiger partial charge in [-0.2, -0.15) is 0 Å². The summed E-state index contributed by atoms with van der Waals surface area (Å²) in [6.45, 7) is 12.6. The predicted molar refractivity (Wildman–Crippen MR) is 119 cm³/mol. The molecular formula is C21H43N5O2. The Kier molecular flexibility index (Phi) is 14.4. The molecule has 1 aliphatic rings. The highest BCUT2D eigenvalue weighted by molar-refractivity contribution is 5.92. The van der Waals surface area contributed by atoms with E-state index in [0.717, 1.165) is 19.4 Å². The van der Waals surface area contributed by atoms with E-state index in [9.17, 15) is 0 Å². The lowest BCUT2D eigenvalue weighted by atomic mass is 10.0. The number of aliphatic carboxylic acids is 1. The normalized spacial score (nSPS) is 17.6. The first-order valence-corrected chi connectivity index (χ1v) is 10.9. The highest BCUT2D eigenvalue weighted by Crippen LogP contribution is 2.14. The van der Waals surface area contributed by atoms with Gasteiger partial charge in [-0.1, -0.05) is 58.8 Å². The third-order valence-electron chi connectivity index (χ3n) is 4.31. The molecule has 1 aliphatic heterocycles. The number of carbonyl (C=O) groups is 1. The van der Waals surface area contributed by atoms with Crippen LogP contribution in [-0.2, 0) is 4.79 Å². The number of carboxylic acid groups (broad SMARTS) is 1. The molecule has 0 radical (unpaired) electrons. The Balaban J connectivity index is 0.00000165. The maximum atomic E-state index is 9.00. The van der Waals surface area contributed by atoms with E-state index in [1.807, 2.05) is 11.3 Å². The molecule has 0 saturated carbocycles. The van der Waals surface area contributed by atoms with Gasteiger partial charge < -0.3 is 10.4 Å². The van der Waals surface area contributed by atoms with Crippen LogP contribution in [0.15, 0.2) is 9.98 Å². The van der Waals surface area contributed by atoms with Gasteiger partial charge in [-0.05, 0) is 33.6 Å². The fourth-order valence-electron chi connectivity index (χ4n) is 2.97. The summed E-state index contributed by atoms with van der Waals surface area (Å²) in [6.07, 6.45) is 13.6. The van der Waals surface area contributed by atoms with Gasteiger partial charge in [0.1, 0.15) is 12.0 Å². The van der Waals surface area contributed by atoms with Gasteiger partial charge in [0.15, 0.2) is 0 Å². The Hall–Kier alpha value is -1.63. The van der Waals surface area contributed by atoms with Crippen molar-refractivity contribution >= 4 is 18.3 Å². The zero-order valence-corrected chi connectivity index (χ0v) is 18.9.